The number of para-hydroxylation sites is 2. The fourth-order valence-electron chi connectivity index (χ4n) is 5.83. The number of nitrogens with zero attached hydrogens (tertiary/aromatic N) is 1. The predicted octanol–water partition coefficient (Wildman–Crippen LogP) is 9.38. The molecule has 0 aliphatic carbocycles. The normalized spacial score (nSPS) is 13.1. The van der Waals surface area contributed by atoms with Crippen molar-refractivity contribution in [2.24, 2.45) is 11.3 Å². The standard InChI is InChI=1S/C33H43N/c1-6-7-13-26-21-27(23-28(22-26)20-25(2)24-33(3,4)5)14-12-19-34-31-17-10-8-15-29(31)30-16-9-11-18-32(30)34/h8-11,15-18,21-23,25H,6-7,12-14,19-20,24H2,1-5H3. The zero-order valence-electron chi connectivity index (χ0n) is 22.0. The molecule has 180 valence electrons. The average Bonchev–Trinajstić information content (AvgIpc) is 3.10. The molecule has 0 radical (unpaired) electrons. The Morgan fingerprint density at radius 3 is 1.82 bits per heavy atom. The molecule has 0 saturated carbocycles. The lowest BCUT2D eigenvalue weighted by Crippen LogP contribution is -2.13. The van der Waals surface area contributed by atoms with E-state index in [4.69, 9.17) is 0 Å². The number of benzene rings is 3. The fraction of sp³-hybridized carbons (Fsp3) is 0.455. The summed E-state index contributed by atoms with van der Waals surface area (Å²) >= 11 is 0. The highest BCUT2D eigenvalue weighted by molar-refractivity contribution is 6.07. The Morgan fingerprint density at radius 1 is 0.735 bits per heavy atom. The van der Waals surface area contributed by atoms with Crippen LogP contribution in [-0.2, 0) is 25.8 Å². The van der Waals surface area contributed by atoms with Gasteiger partial charge in [0.05, 0.1) is 0 Å². The summed E-state index contributed by atoms with van der Waals surface area (Å²) in [5, 5.41) is 2.74. The Labute approximate surface area is 207 Å². The monoisotopic (exact) mass is 453 g/mol. The Hall–Kier alpha value is -2.54. The van der Waals surface area contributed by atoms with E-state index in [-0.39, 0.29) is 0 Å². The summed E-state index contributed by atoms with van der Waals surface area (Å²) in [5.41, 5.74) is 7.71. The first-order chi connectivity index (χ1) is 16.3. The first kappa shape index (κ1) is 24.6. The van der Waals surface area contributed by atoms with Crippen molar-refractivity contribution in [2.75, 3.05) is 0 Å². The van der Waals surface area contributed by atoms with E-state index in [0.29, 0.717) is 11.3 Å². The van der Waals surface area contributed by atoms with Crippen molar-refractivity contribution >= 4 is 21.8 Å². The van der Waals surface area contributed by atoms with Crippen LogP contribution in [0.15, 0.2) is 66.7 Å². The molecule has 1 unspecified atom stereocenters. The van der Waals surface area contributed by atoms with E-state index >= 15 is 0 Å². The van der Waals surface area contributed by atoms with E-state index in [2.05, 4.69) is 106 Å². The van der Waals surface area contributed by atoms with Gasteiger partial charge in [-0.15, -0.1) is 0 Å². The molecule has 0 bridgehead atoms. The minimum Gasteiger partial charge on any atom is -0.340 e. The van der Waals surface area contributed by atoms with Crippen LogP contribution in [-0.4, -0.2) is 4.57 Å². The van der Waals surface area contributed by atoms with Crippen LogP contribution in [0.5, 0.6) is 0 Å². The van der Waals surface area contributed by atoms with E-state index in [1.165, 1.54) is 70.6 Å². The molecular formula is C33H43N. The third-order valence-electron chi connectivity index (χ3n) is 7.00. The average molecular weight is 454 g/mol. The molecule has 0 aliphatic heterocycles. The van der Waals surface area contributed by atoms with Gasteiger partial charge in [-0.05, 0) is 78.7 Å². The predicted molar refractivity (Wildman–Crippen MR) is 150 cm³/mol. The molecule has 3 aromatic carbocycles. The first-order valence-electron chi connectivity index (χ1n) is 13.4. The lowest BCUT2D eigenvalue weighted by Gasteiger charge is -2.23. The number of hydrogen-bond acceptors (Lipinski definition) is 0. The smallest absolute Gasteiger partial charge is 0.0491 e. The van der Waals surface area contributed by atoms with E-state index in [9.17, 15) is 0 Å². The van der Waals surface area contributed by atoms with Crippen molar-refractivity contribution < 1.29 is 0 Å². The second-order valence-corrected chi connectivity index (χ2v) is 11.6. The molecule has 0 aliphatic rings. The summed E-state index contributed by atoms with van der Waals surface area (Å²) in [6, 6.07) is 25.2. The van der Waals surface area contributed by atoms with Gasteiger partial charge in [0.1, 0.15) is 0 Å². The SMILES string of the molecule is CCCCc1cc(CCCn2c3ccccc3c3ccccc32)cc(CC(C)CC(C)(C)C)c1. The van der Waals surface area contributed by atoms with Crippen molar-refractivity contribution in [3.63, 3.8) is 0 Å². The molecule has 1 atom stereocenters. The Balaban J connectivity index is 1.52. The van der Waals surface area contributed by atoms with Gasteiger partial charge in [0.2, 0.25) is 0 Å². The topological polar surface area (TPSA) is 4.93 Å². The van der Waals surface area contributed by atoms with Crippen molar-refractivity contribution in [1.82, 2.24) is 4.57 Å². The van der Waals surface area contributed by atoms with E-state index < -0.39 is 0 Å². The summed E-state index contributed by atoms with van der Waals surface area (Å²) in [6.07, 6.45) is 8.51. The highest BCUT2D eigenvalue weighted by Gasteiger charge is 2.16. The number of unbranched alkanes of at least 4 members (excludes halogenated alkanes) is 1. The van der Waals surface area contributed by atoms with Crippen LogP contribution in [0.4, 0.5) is 0 Å². The minimum atomic E-state index is 0.393. The maximum Gasteiger partial charge on any atom is 0.0491 e. The van der Waals surface area contributed by atoms with Crippen LogP contribution in [0.25, 0.3) is 21.8 Å². The van der Waals surface area contributed by atoms with Crippen molar-refractivity contribution in [3.05, 3.63) is 83.4 Å². The van der Waals surface area contributed by atoms with Gasteiger partial charge in [-0.25, -0.2) is 0 Å². The largest absolute Gasteiger partial charge is 0.340 e. The molecule has 1 nitrogen and oxygen atoms in total. The number of rotatable bonds is 10. The molecule has 0 N–H and O–H groups in total. The van der Waals surface area contributed by atoms with Gasteiger partial charge < -0.3 is 4.57 Å². The van der Waals surface area contributed by atoms with Crippen molar-refractivity contribution in [3.8, 4) is 0 Å². The van der Waals surface area contributed by atoms with Crippen molar-refractivity contribution in [1.29, 1.82) is 0 Å². The zero-order chi connectivity index (χ0) is 24.1. The molecular weight excluding hydrogens is 410 g/mol. The summed E-state index contributed by atoms with van der Waals surface area (Å²) in [5.74, 6) is 0.715. The molecule has 4 rings (SSSR count). The molecule has 1 aromatic heterocycles. The van der Waals surface area contributed by atoms with Gasteiger partial charge >= 0.3 is 0 Å². The van der Waals surface area contributed by atoms with Crippen LogP contribution >= 0.6 is 0 Å². The number of aromatic nitrogens is 1. The molecule has 0 fully saturated rings. The molecule has 4 aromatic rings. The third kappa shape index (κ3) is 6.12. The maximum absolute atomic E-state index is 2.53. The fourth-order valence-corrected chi connectivity index (χ4v) is 5.83. The molecule has 0 spiro atoms. The van der Waals surface area contributed by atoms with Gasteiger partial charge in [-0.1, -0.05) is 95.6 Å². The first-order valence-corrected chi connectivity index (χ1v) is 13.4. The van der Waals surface area contributed by atoms with E-state index in [1.54, 1.807) is 0 Å². The molecule has 0 saturated heterocycles. The molecule has 1 heteroatoms. The summed E-state index contributed by atoms with van der Waals surface area (Å²) in [7, 11) is 0. The second-order valence-electron chi connectivity index (χ2n) is 11.6. The third-order valence-corrected chi connectivity index (χ3v) is 7.00. The molecule has 34 heavy (non-hydrogen) atoms. The molecule has 0 amide bonds. The number of aryl methyl sites for hydroxylation is 3. The molecule has 1 heterocycles. The zero-order valence-corrected chi connectivity index (χ0v) is 22.0. The van der Waals surface area contributed by atoms with E-state index in [1.807, 2.05) is 0 Å². The Morgan fingerprint density at radius 2 is 1.26 bits per heavy atom. The van der Waals surface area contributed by atoms with Crippen molar-refractivity contribution in [2.45, 2.75) is 86.1 Å². The van der Waals surface area contributed by atoms with Crippen LogP contribution < -0.4 is 0 Å². The van der Waals surface area contributed by atoms with Crippen LogP contribution in [0.2, 0.25) is 0 Å². The van der Waals surface area contributed by atoms with Gasteiger partial charge in [0.25, 0.3) is 0 Å². The highest BCUT2D eigenvalue weighted by atomic mass is 15.0. The van der Waals surface area contributed by atoms with Gasteiger partial charge in [-0.2, -0.15) is 0 Å². The van der Waals surface area contributed by atoms with Crippen LogP contribution in [0, 0.1) is 11.3 Å². The highest BCUT2D eigenvalue weighted by Crippen LogP contribution is 2.30. The van der Waals surface area contributed by atoms with Crippen LogP contribution in [0.1, 0.15) is 77.0 Å². The lowest BCUT2D eigenvalue weighted by molar-refractivity contribution is 0.306. The number of hydrogen-bond donors (Lipinski definition) is 0. The Bertz CT molecular complexity index is 1170. The summed E-state index contributed by atoms with van der Waals surface area (Å²) in [4.78, 5) is 0. The van der Waals surface area contributed by atoms with Gasteiger partial charge in [0, 0.05) is 28.4 Å². The number of fused-ring (bicyclic) bond motifs is 3. The van der Waals surface area contributed by atoms with Gasteiger partial charge in [0.15, 0.2) is 0 Å². The quantitative estimate of drug-likeness (QED) is 0.225. The summed E-state index contributed by atoms with van der Waals surface area (Å²) < 4.78 is 2.53. The lowest BCUT2D eigenvalue weighted by atomic mass is 9.82. The summed E-state index contributed by atoms with van der Waals surface area (Å²) in [6.45, 7) is 12.9. The van der Waals surface area contributed by atoms with Crippen LogP contribution in [0.3, 0.4) is 0 Å². The Kier molecular flexibility index (Phi) is 7.81. The maximum atomic E-state index is 2.53. The second kappa shape index (κ2) is 10.8. The minimum absolute atomic E-state index is 0.393. The van der Waals surface area contributed by atoms with Gasteiger partial charge in [-0.3, -0.25) is 0 Å². The van der Waals surface area contributed by atoms with E-state index in [0.717, 1.165) is 19.4 Å².